The van der Waals surface area contributed by atoms with Crippen LogP contribution in [-0.4, -0.2) is 15.6 Å². The summed E-state index contributed by atoms with van der Waals surface area (Å²) in [4.78, 5) is 17.0. The average molecular weight is 416 g/mol. The van der Waals surface area contributed by atoms with Gasteiger partial charge in [-0.1, -0.05) is 54.2 Å². The molecule has 0 atom stereocenters. The van der Waals surface area contributed by atoms with Gasteiger partial charge in [-0.3, -0.25) is 4.79 Å². The van der Waals surface area contributed by atoms with Crippen molar-refractivity contribution < 1.29 is 4.79 Å². The molecular formula is C15H11ClINOS. The van der Waals surface area contributed by atoms with Gasteiger partial charge < -0.3 is 0 Å². The molecule has 1 heterocycles. The molecule has 0 aliphatic rings. The molecule has 102 valence electrons. The largest absolute Gasteiger partial charge is 0.294 e. The summed E-state index contributed by atoms with van der Waals surface area (Å²) >= 11 is 13.4. The van der Waals surface area contributed by atoms with Crippen LogP contribution in [0, 0.1) is 3.57 Å². The lowest BCUT2D eigenvalue weighted by Crippen LogP contribution is -2.10. The van der Waals surface area contributed by atoms with E-state index >= 15 is 0 Å². The first-order chi connectivity index (χ1) is 9.56. The zero-order chi connectivity index (χ0) is 14.5. The first kappa shape index (κ1) is 15.5. The monoisotopic (exact) mass is 415 g/mol. The molecule has 0 unspecified atom stereocenters. The van der Waals surface area contributed by atoms with Crippen LogP contribution in [0.2, 0.25) is 5.15 Å². The highest BCUT2D eigenvalue weighted by Gasteiger charge is 2.11. The van der Waals surface area contributed by atoms with E-state index in [1.54, 1.807) is 18.2 Å². The maximum atomic E-state index is 12.1. The molecular weight excluding hydrogens is 405 g/mol. The van der Waals surface area contributed by atoms with Crippen LogP contribution in [-0.2, 0) is 6.42 Å². The second-order valence-electron chi connectivity index (χ2n) is 4.24. The molecule has 0 fully saturated rings. The second kappa shape index (κ2) is 7.24. The summed E-state index contributed by atoms with van der Waals surface area (Å²) in [5.74, 6) is 0.0348. The molecule has 2 aromatic rings. The van der Waals surface area contributed by atoms with Gasteiger partial charge in [-0.15, -0.1) is 0 Å². The maximum Gasteiger partial charge on any atom is 0.167 e. The van der Waals surface area contributed by atoms with Gasteiger partial charge in [0.05, 0.1) is 5.69 Å². The number of benzene rings is 1. The molecule has 0 amide bonds. The van der Waals surface area contributed by atoms with Crippen molar-refractivity contribution in [2.45, 2.75) is 12.8 Å². The van der Waals surface area contributed by atoms with E-state index < -0.39 is 0 Å². The number of pyridine rings is 1. The molecule has 0 saturated carbocycles. The molecule has 0 aliphatic heterocycles. The SMILES string of the molecule is O=C(CC(=S)Cc1nc(Cl)ccc1I)c1ccccc1. The quantitative estimate of drug-likeness (QED) is 0.311. The number of thiocarbonyl (C=S) groups is 1. The first-order valence-corrected chi connectivity index (χ1v) is 7.83. The Hall–Kier alpha value is -0.850. The molecule has 20 heavy (non-hydrogen) atoms. The number of hydrogen-bond donors (Lipinski definition) is 0. The van der Waals surface area contributed by atoms with Gasteiger partial charge in [0.15, 0.2) is 5.78 Å². The van der Waals surface area contributed by atoms with E-state index in [9.17, 15) is 4.79 Å². The van der Waals surface area contributed by atoms with Crippen LogP contribution in [0.3, 0.4) is 0 Å². The maximum absolute atomic E-state index is 12.1. The summed E-state index contributed by atoms with van der Waals surface area (Å²) in [6, 6.07) is 12.8. The zero-order valence-corrected chi connectivity index (χ0v) is 14.2. The smallest absolute Gasteiger partial charge is 0.167 e. The molecule has 0 radical (unpaired) electrons. The number of hydrogen-bond acceptors (Lipinski definition) is 3. The fourth-order valence-corrected chi connectivity index (χ4v) is 2.66. The van der Waals surface area contributed by atoms with Crippen LogP contribution in [0.5, 0.6) is 0 Å². The Kier molecular flexibility index (Phi) is 5.63. The van der Waals surface area contributed by atoms with E-state index in [-0.39, 0.29) is 12.2 Å². The predicted molar refractivity (Wildman–Crippen MR) is 93.7 cm³/mol. The number of rotatable bonds is 5. The fraction of sp³-hybridized carbons (Fsp3) is 0.133. The number of nitrogens with zero attached hydrogens (tertiary/aromatic N) is 1. The lowest BCUT2D eigenvalue weighted by molar-refractivity contribution is 0.100. The minimum atomic E-state index is 0.0348. The van der Waals surface area contributed by atoms with E-state index in [2.05, 4.69) is 27.6 Å². The highest BCUT2D eigenvalue weighted by molar-refractivity contribution is 14.1. The number of aromatic nitrogens is 1. The van der Waals surface area contributed by atoms with E-state index in [4.69, 9.17) is 23.8 Å². The summed E-state index contributed by atoms with van der Waals surface area (Å²) in [7, 11) is 0. The molecule has 0 aliphatic carbocycles. The van der Waals surface area contributed by atoms with Gasteiger partial charge in [0.1, 0.15) is 5.15 Å². The fourth-order valence-electron chi connectivity index (χ4n) is 1.74. The van der Waals surface area contributed by atoms with Crippen LogP contribution in [0.15, 0.2) is 42.5 Å². The minimum Gasteiger partial charge on any atom is -0.294 e. The molecule has 1 aromatic carbocycles. The number of halogens is 2. The summed E-state index contributed by atoms with van der Waals surface area (Å²) in [6.45, 7) is 0. The number of ketones is 1. The molecule has 2 nitrogen and oxygen atoms in total. The van der Waals surface area contributed by atoms with Gasteiger partial charge in [-0.25, -0.2) is 4.98 Å². The topological polar surface area (TPSA) is 30.0 Å². The standard InChI is InChI=1S/C15H11ClINOS/c16-15-7-6-12(17)13(18-15)8-11(20)9-14(19)10-4-2-1-3-5-10/h1-7H,8-9H2. The van der Waals surface area contributed by atoms with Gasteiger partial charge in [0.2, 0.25) is 0 Å². The highest BCUT2D eigenvalue weighted by Crippen LogP contribution is 2.16. The van der Waals surface area contributed by atoms with E-state index in [0.717, 1.165) is 9.26 Å². The average Bonchev–Trinajstić information content (AvgIpc) is 2.43. The van der Waals surface area contributed by atoms with Gasteiger partial charge in [-0.2, -0.15) is 0 Å². The summed E-state index contributed by atoms with van der Waals surface area (Å²) in [6.07, 6.45) is 0.746. The second-order valence-corrected chi connectivity index (χ2v) is 6.37. The van der Waals surface area contributed by atoms with Crippen LogP contribution >= 0.6 is 46.4 Å². The highest BCUT2D eigenvalue weighted by atomic mass is 127. The van der Waals surface area contributed by atoms with E-state index in [0.29, 0.717) is 22.0 Å². The number of Topliss-reactive ketones (excluding diaryl/α,β-unsaturated/α-hetero) is 1. The Morgan fingerprint density at radius 3 is 2.60 bits per heavy atom. The van der Waals surface area contributed by atoms with Crippen LogP contribution < -0.4 is 0 Å². The van der Waals surface area contributed by atoms with Crippen molar-refractivity contribution in [1.29, 1.82) is 0 Å². The van der Waals surface area contributed by atoms with Gasteiger partial charge >= 0.3 is 0 Å². The first-order valence-electron chi connectivity index (χ1n) is 5.97. The van der Waals surface area contributed by atoms with Crippen molar-refractivity contribution in [3.63, 3.8) is 0 Å². The van der Waals surface area contributed by atoms with Gasteiger partial charge in [0, 0.05) is 26.8 Å². The number of carbonyl (C=O) groups is 1. The van der Waals surface area contributed by atoms with Gasteiger partial charge in [0.25, 0.3) is 0 Å². The third-order valence-corrected chi connectivity index (χ3v) is 4.18. The lowest BCUT2D eigenvalue weighted by Gasteiger charge is -2.06. The van der Waals surface area contributed by atoms with Crippen molar-refractivity contribution in [2.75, 3.05) is 0 Å². The third kappa shape index (κ3) is 4.33. The Morgan fingerprint density at radius 1 is 1.20 bits per heavy atom. The molecule has 0 saturated heterocycles. The predicted octanol–water partition coefficient (Wildman–Crippen LogP) is 4.53. The zero-order valence-electron chi connectivity index (χ0n) is 10.5. The lowest BCUT2D eigenvalue weighted by atomic mass is 10.0. The van der Waals surface area contributed by atoms with E-state index in [1.165, 1.54) is 0 Å². The molecule has 0 N–H and O–H groups in total. The van der Waals surface area contributed by atoms with Crippen molar-refractivity contribution in [1.82, 2.24) is 4.98 Å². The summed E-state index contributed by atoms with van der Waals surface area (Å²) in [5, 5.41) is 0.442. The van der Waals surface area contributed by atoms with Crippen LogP contribution in [0.25, 0.3) is 0 Å². The van der Waals surface area contributed by atoms with Crippen molar-refractivity contribution in [2.24, 2.45) is 0 Å². The van der Waals surface area contributed by atoms with Crippen molar-refractivity contribution in [3.05, 3.63) is 62.4 Å². The Bertz CT molecular complexity index is 646. The van der Waals surface area contributed by atoms with Gasteiger partial charge in [-0.05, 0) is 34.7 Å². The molecule has 0 spiro atoms. The number of carbonyl (C=O) groups excluding carboxylic acids is 1. The Morgan fingerprint density at radius 2 is 1.90 bits per heavy atom. The van der Waals surface area contributed by atoms with Crippen molar-refractivity contribution in [3.8, 4) is 0 Å². The molecule has 0 bridgehead atoms. The van der Waals surface area contributed by atoms with Crippen LogP contribution in [0.4, 0.5) is 0 Å². The van der Waals surface area contributed by atoms with Crippen LogP contribution in [0.1, 0.15) is 22.5 Å². The minimum absolute atomic E-state index is 0.0348. The molecule has 5 heteroatoms. The van der Waals surface area contributed by atoms with Crippen molar-refractivity contribution >= 4 is 57.1 Å². The molecule has 2 rings (SSSR count). The third-order valence-electron chi connectivity index (χ3n) is 2.70. The van der Waals surface area contributed by atoms with E-state index in [1.807, 2.05) is 24.3 Å². The normalized spacial score (nSPS) is 10.3. The Labute approximate surface area is 141 Å². The summed E-state index contributed by atoms with van der Waals surface area (Å²) in [5.41, 5.74) is 1.51. The summed E-state index contributed by atoms with van der Waals surface area (Å²) < 4.78 is 1.00. The Balaban J connectivity index is 2.03. The molecule has 1 aromatic heterocycles.